The Labute approximate surface area is 145 Å². The molecule has 4 rings (SSSR count). The molecule has 0 unspecified atom stereocenters. The third-order valence-electron chi connectivity index (χ3n) is 4.84. The van der Waals surface area contributed by atoms with E-state index in [2.05, 4.69) is 17.0 Å². The molecule has 1 amide bonds. The number of carbonyl (C=O) groups is 1. The average molecular weight is 338 g/mol. The molecule has 0 aliphatic carbocycles. The number of fused-ring (bicyclic) bond motifs is 1. The first-order valence-corrected chi connectivity index (χ1v) is 8.51. The SMILES string of the molecule is CC1CCN(C(=O)c2cnn3c(-c4ccc(F)cc4)ccnc23)CC1. The fourth-order valence-electron chi connectivity index (χ4n) is 3.26. The quantitative estimate of drug-likeness (QED) is 0.719. The monoisotopic (exact) mass is 338 g/mol. The van der Waals surface area contributed by atoms with Gasteiger partial charge < -0.3 is 4.90 Å². The summed E-state index contributed by atoms with van der Waals surface area (Å²) in [4.78, 5) is 19.1. The summed E-state index contributed by atoms with van der Waals surface area (Å²) in [6, 6.07) is 8.01. The molecular formula is C19H19FN4O. The van der Waals surface area contributed by atoms with E-state index >= 15 is 0 Å². The lowest BCUT2D eigenvalue weighted by molar-refractivity contribution is 0.0699. The lowest BCUT2D eigenvalue weighted by atomic mass is 9.99. The molecule has 5 nitrogen and oxygen atoms in total. The summed E-state index contributed by atoms with van der Waals surface area (Å²) in [6.07, 6.45) is 5.29. The largest absolute Gasteiger partial charge is 0.338 e. The molecule has 0 spiro atoms. The number of benzene rings is 1. The Balaban J connectivity index is 1.71. The van der Waals surface area contributed by atoms with Gasteiger partial charge in [-0.3, -0.25) is 4.79 Å². The van der Waals surface area contributed by atoms with E-state index in [-0.39, 0.29) is 11.7 Å². The second-order valence-corrected chi connectivity index (χ2v) is 6.61. The summed E-state index contributed by atoms with van der Waals surface area (Å²) in [5, 5.41) is 4.36. The summed E-state index contributed by atoms with van der Waals surface area (Å²) in [5.41, 5.74) is 2.64. The molecule has 1 aliphatic rings. The standard InChI is InChI=1S/C19H19FN4O/c1-13-7-10-23(11-8-13)19(25)16-12-22-24-17(6-9-21-18(16)24)14-2-4-15(20)5-3-14/h2-6,9,12-13H,7-8,10-11H2,1H3. The van der Waals surface area contributed by atoms with Gasteiger partial charge in [-0.2, -0.15) is 5.10 Å². The van der Waals surface area contributed by atoms with Crippen molar-refractivity contribution in [3.63, 3.8) is 0 Å². The van der Waals surface area contributed by atoms with Crippen molar-refractivity contribution in [3.8, 4) is 11.3 Å². The van der Waals surface area contributed by atoms with Gasteiger partial charge in [0.15, 0.2) is 5.65 Å². The van der Waals surface area contributed by atoms with Gasteiger partial charge in [0.05, 0.1) is 11.9 Å². The molecule has 0 bridgehead atoms. The molecule has 0 N–H and O–H groups in total. The van der Waals surface area contributed by atoms with Crippen LogP contribution in [-0.2, 0) is 0 Å². The molecule has 1 saturated heterocycles. The fraction of sp³-hybridized carbons (Fsp3) is 0.316. The van der Waals surface area contributed by atoms with Gasteiger partial charge in [0, 0.05) is 24.8 Å². The molecule has 3 aromatic rings. The second kappa shape index (κ2) is 6.27. The second-order valence-electron chi connectivity index (χ2n) is 6.61. The summed E-state index contributed by atoms with van der Waals surface area (Å²) in [6.45, 7) is 3.76. The topological polar surface area (TPSA) is 50.5 Å². The molecule has 25 heavy (non-hydrogen) atoms. The van der Waals surface area contributed by atoms with Crippen molar-refractivity contribution < 1.29 is 9.18 Å². The Morgan fingerprint density at radius 1 is 1.16 bits per heavy atom. The Hall–Kier alpha value is -2.76. The lowest BCUT2D eigenvalue weighted by Crippen LogP contribution is -2.37. The first-order valence-electron chi connectivity index (χ1n) is 8.51. The number of piperidine rings is 1. The summed E-state index contributed by atoms with van der Waals surface area (Å²) in [7, 11) is 0. The predicted octanol–water partition coefficient (Wildman–Crippen LogP) is 3.41. The summed E-state index contributed by atoms with van der Waals surface area (Å²) in [5.74, 6) is 0.353. The fourth-order valence-corrected chi connectivity index (χ4v) is 3.26. The summed E-state index contributed by atoms with van der Waals surface area (Å²) >= 11 is 0. The Morgan fingerprint density at radius 3 is 2.60 bits per heavy atom. The molecule has 1 aromatic carbocycles. The van der Waals surface area contributed by atoms with Crippen LogP contribution in [0.15, 0.2) is 42.7 Å². The van der Waals surface area contributed by atoms with Crippen molar-refractivity contribution in [2.24, 2.45) is 5.92 Å². The van der Waals surface area contributed by atoms with Crippen molar-refractivity contribution in [2.45, 2.75) is 19.8 Å². The van der Waals surface area contributed by atoms with E-state index in [1.165, 1.54) is 12.1 Å². The van der Waals surface area contributed by atoms with Gasteiger partial charge in [-0.1, -0.05) is 6.92 Å². The molecule has 1 aliphatic heterocycles. The summed E-state index contributed by atoms with van der Waals surface area (Å²) < 4.78 is 14.8. The number of aromatic nitrogens is 3. The van der Waals surface area contributed by atoms with Crippen LogP contribution in [-0.4, -0.2) is 38.5 Å². The van der Waals surface area contributed by atoms with Gasteiger partial charge in [0.2, 0.25) is 0 Å². The highest BCUT2D eigenvalue weighted by Crippen LogP contribution is 2.23. The first-order chi connectivity index (χ1) is 12.1. The molecule has 2 aromatic heterocycles. The number of rotatable bonds is 2. The van der Waals surface area contributed by atoms with E-state index < -0.39 is 0 Å². The Kier molecular flexibility index (Phi) is 3.95. The van der Waals surface area contributed by atoms with E-state index in [4.69, 9.17) is 0 Å². The van der Waals surface area contributed by atoms with Crippen molar-refractivity contribution in [1.82, 2.24) is 19.5 Å². The number of halogens is 1. The van der Waals surface area contributed by atoms with E-state index in [9.17, 15) is 9.18 Å². The maximum atomic E-state index is 13.2. The maximum absolute atomic E-state index is 13.2. The number of likely N-dealkylation sites (tertiary alicyclic amines) is 1. The van der Waals surface area contributed by atoms with Crippen molar-refractivity contribution in [3.05, 3.63) is 54.1 Å². The van der Waals surface area contributed by atoms with E-state index in [0.717, 1.165) is 37.2 Å². The third kappa shape index (κ3) is 2.88. The number of carbonyl (C=O) groups excluding carboxylic acids is 1. The zero-order valence-corrected chi connectivity index (χ0v) is 14.0. The van der Waals surface area contributed by atoms with Crippen LogP contribution in [0.4, 0.5) is 4.39 Å². The van der Waals surface area contributed by atoms with Crippen molar-refractivity contribution in [1.29, 1.82) is 0 Å². The maximum Gasteiger partial charge on any atom is 0.259 e. The zero-order chi connectivity index (χ0) is 17.4. The molecule has 0 radical (unpaired) electrons. The number of amides is 1. The minimum atomic E-state index is -0.287. The van der Waals surface area contributed by atoms with Crippen LogP contribution >= 0.6 is 0 Å². The molecule has 0 saturated carbocycles. The van der Waals surface area contributed by atoms with Gasteiger partial charge >= 0.3 is 0 Å². The lowest BCUT2D eigenvalue weighted by Gasteiger charge is -2.29. The van der Waals surface area contributed by atoms with E-state index in [1.807, 2.05) is 11.0 Å². The Bertz CT molecular complexity index is 911. The first kappa shape index (κ1) is 15.7. The van der Waals surface area contributed by atoms with Gasteiger partial charge in [-0.15, -0.1) is 0 Å². The van der Waals surface area contributed by atoms with Gasteiger partial charge in [0.1, 0.15) is 11.4 Å². The minimum absolute atomic E-state index is 0.0225. The van der Waals surface area contributed by atoms with Crippen molar-refractivity contribution in [2.75, 3.05) is 13.1 Å². The minimum Gasteiger partial charge on any atom is -0.338 e. The van der Waals surface area contributed by atoms with Crippen LogP contribution in [0.1, 0.15) is 30.1 Å². The van der Waals surface area contributed by atoms with Gasteiger partial charge in [0.25, 0.3) is 5.91 Å². The van der Waals surface area contributed by atoms with Crippen LogP contribution in [0.3, 0.4) is 0 Å². The third-order valence-corrected chi connectivity index (χ3v) is 4.84. The Morgan fingerprint density at radius 2 is 1.88 bits per heavy atom. The highest BCUT2D eigenvalue weighted by atomic mass is 19.1. The predicted molar refractivity (Wildman–Crippen MR) is 92.7 cm³/mol. The molecule has 3 heterocycles. The van der Waals surface area contributed by atoms with Crippen LogP contribution < -0.4 is 0 Å². The van der Waals surface area contributed by atoms with E-state index in [0.29, 0.717) is 17.1 Å². The molecule has 1 fully saturated rings. The number of hydrogen-bond acceptors (Lipinski definition) is 3. The van der Waals surface area contributed by atoms with Crippen LogP contribution in [0.5, 0.6) is 0 Å². The number of nitrogens with zero attached hydrogens (tertiary/aromatic N) is 4. The molecular weight excluding hydrogens is 319 g/mol. The van der Waals surface area contributed by atoms with Gasteiger partial charge in [-0.25, -0.2) is 13.9 Å². The highest BCUT2D eigenvalue weighted by Gasteiger charge is 2.25. The molecule has 128 valence electrons. The van der Waals surface area contributed by atoms with Crippen LogP contribution in [0, 0.1) is 11.7 Å². The van der Waals surface area contributed by atoms with Crippen LogP contribution in [0.25, 0.3) is 16.9 Å². The van der Waals surface area contributed by atoms with E-state index in [1.54, 1.807) is 29.0 Å². The smallest absolute Gasteiger partial charge is 0.259 e. The highest BCUT2D eigenvalue weighted by molar-refractivity contribution is 6.00. The molecule has 6 heteroatoms. The van der Waals surface area contributed by atoms with Gasteiger partial charge in [-0.05, 0) is 49.1 Å². The van der Waals surface area contributed by atoms with Crippen molar-refractivity contribution >= 4 is 11.6 Å². The number of hydrogen-bond donors (Lipinski definition) is 0. The normalized spacial score (nSPS) is 15.7. The zero-order valence-electron chi connectivity index (χ0n) is 14.0. The van der Waals surface area contributed by atoms with Crippen LogP contribution in [0.2, 0.25) is 0 Å². The average Bonchev–Trinajstić information content (AvgIpc) is 3.06. The molecule has 0 atom stereocenters.